The molecule has 192 valence electrons. The van der Waals surface area contributed by atoms with Crippen LogP contribution in [0.3, 0.4) is 0 Å². The molecule has 10 nitrogen and oxygen atoms in total. The molecule has 0 atom stereocenters. The summed E-state index contributed by atoms with van der Waals surface area (Å²) in [5, 5.41) is 2.57. The van der Waals surface area contributed by atoms with Crippen LogP contribution in [-0.2, 0) is 11.3 Å². The van der Waals surface area contributed by atoms with Crippen molar-refractivity contribution in [2.45, 2.75) is 40.2 Å². The van der Waals surface area contributed by atoms with Crippen molar-refractivity contribution < 1.29 is 14.3 Å². The Morgan fingerprint density at radius 2 is 1.97 bits per heavy atom. The first kappa shape index (κ1) is 24.4. The molecule has 4 N–H and O–H groups in total. The van der Waals surface area contributed by atoms with Gasteiger partial charge < -0.3 is 25.1 Å². The van der Waals surface area contributed by atoms with Gasteiger partial charge in [0.25, 0.3) is 0 Å². The number of aromatic nitrogens is 4. The molecule has 0 unspecified atom stereocenters. The second-order valence-electron chi connectivity index (χ2n) is 9.54. The molecule has 0 saturated carbocycles. The minimum absolute atomic E-state index is 0.256. The number of imidazole rings is 1. The van der Waals surface area contributed by atoms with E-state index in [9.17, 15) is 4.79 Å². The zero-order chi connectivity index (χ0) is 26.3. The highest BCUT2D eigenvalue weighted by Crippen LogP contribution is 2.36. The number of nitrogens with one attached hydrogen (secondary N) is 2. The van der Waals surface area contributed by atoms with Crippen LogP contribution in [0.5, 0.6) is 5.75 Å². The van der Waals surface area contributed by atoms with Crippen LogP contribution in [0.25, 0.3) is 22.2 Å². The Morgan fingerprint density at radius 3 is 2.73 bits per heavy atom. The van der Waals surface area contributed by atoms with Gasteiger partial charge in [-0.1, -0.05) is 19.9 Å². The van der Waals surface area contributed by atoms with E-state index < -0.39 is 6.09 Å². The molecule has 0 aliphatic carbocycles. The van der Waals surface area contributed by atoms with E-state index in [1.807, 2.05) is 25.1 Å². The fraction of sp³-hybridized carbons (Fsp3) is 0.333. The molecule has 0 spiro atoms. The van der Waals surface area contributed by atoms with Gasteiger partial charge in [-0.05, 0) is 60.7 Å². The number of nitrogens with zero attached hydrogens (tertiary/aromatic N) is 4. The number of hydrogen-bond acceptors (Lipinski definition) is 8. The summed E-state index contributed by atoms with van der Waals surface area (Å²) in [6.07, 6.45) is -0.577. The Labute approximate surface area is 215 Å². The van der Waals surface area contributed by atoms with E-state index in [1.165, 1.54) is 7.11 Å². The van der Waals surface area contributed by atoms with Crippen molar-refractivity contribution in [1.29, 1.82) is 0 Å². The van der Waals surface area contributed by atoms with E-state index in [0.717, 1.165) is 56.1 Å². The van der Waals surface area contributed by atoms with E-state index in [1.54, 1.807) is 0 Å². The molecule has 1 aliphatic rings. The van der Waals surface area contributed by atoms with E-state index in [4.69, 9.17) is 10.5 Å². The highest BCUT2D eigenvalue weighted by Gasteiger charge is 2.24. The van der Waals surface area contributed by atoms with E-state index in [-0.39, 0.29) is 11.9 Å². The van der Waals surface area contributed by atoms with Crippen LogP contribution in [0, 0.1) is 13.8 Å². The van der Waals surface area contributed by atoms with Gasteiger partial charge in [0.15, 0.2) is 0 Å². The second kappa shape index (κ2) is 9.61. The van der Waals surface area contributed by atoms with Crippen LogP contribution >= 0.6 is 0 Å². The molecule has 0 saturated heterocycles. The lowest BCUT2D eigenvalue weighted by Crippen LogP contribution is -2.28. The lowest BCUT2D eigenvalue weighted by Gasteiger charge is -2.26. The van der Waals surface area contributed by atoms with Gasteiger partial charge in [0, 0.05) is 23.4 Å². The topological polar surface area (TPSA) is 131 Å². The highest BCUT2D eigenvalue weighted by atomic mass is 16.5. The van der Waals surface area contributed by atoms with Crippen molar-refractivity contribution in [1.82, 2.24) is 19.9 Å². The smallest absolute Gasteiger partial charge is 0.413 e. The minimum Gasteiger partial charge on any atom is -0.491 e. The van der Waals surface area contributed by atoms with Gasteiger partial charge in [0.2, 0.25) is 11.9 Å². The van der Waals surface area contributed by atoms with Gasteiger partial charge >= 0.3 is 6.09 Å². The van der Waals surface area contributed by atoms with E-state index in [2.05, 4.69) is 67.8 Å². The van der Waals surface area contributed by atoms with Crippen LogP contribution in [0.4, 0.5) is 22.5 Å². The molecule has 0 fully saturated rings. The normalized spacial score (nSPS) is 13.3. The Bertz CT molecular complexity index is 1500. The predicted octanol–water partition coefficient (Wildman–Crippen LogP) is 4.92. The summed E-state index contributed by atoms with van der Waals surface area (Å²) in [4.78, 5) is 30.4. The highest BCUT2D eigenvalue weighted by molar-refractivity contribution is 5.88. The Hall–Kier alpha value is -4.34. The number of nitrogens with two attached hydrogens (primary N) is 1. The summed E-state index contributed by atoms with van der Waals surface area (Å²) >= 11 is 0. The monoisotopic (exact) mass is 501 g/mol. The van der Waals surface area contributed by atoms with Crippen molar-refractivity contribution in [3.63, 3.8) is 0 Å². The predicted molar refractivity (Wildman–Crippen MR) is 144 cm³/mol. The summed E-state index contributed by atoms with van der Waals surface area (Å²) < 4.78 is 10.9. The number of aromatic amines is 1. The van der Waals surface area contributed by atoms with Gasteiger partial charge in [-0.25, -0.2) is 14.8 Å². The lowest BCUT2D eigenvalue weighted by molar-refractivity contribution is 0.186. The molecule has 0 bridgehead atoms. The standard InChI is InChI=1S/C27H31N7O3/c1-14(2)22-16(4)29-25(28)32-24(22)34-8-9-37-23-15(3)10-18(11-19(23)13-34)17-6-7-20-21(12-17)31-26(30-20)33-27(35)36-5/h6-7,10-12,14H,8-9,13H2,1-5H3,(H2,28,29,32)(H2,30,31,33,35). The molecule has 3 heterocycles. The number of nitrogen functional groups attached to an aromatic ring is 1. The molecule has 37 heavy (non-hydrogen) atoms. The van der Waals surface area contributed by atoms with Crippen LogP contribution in [0.1, 0.15) is 42.1 Å². The van der Waals surface area contributed by atoms with Gasteiger partial charge in [0.05, 0.1) is 24.7 Å². The molecule has 2 aromatic heterocycles. The number of rotatable bonds is 4. The van der Waals surface area contributed by atoms with Gasteiger partial charge in [-0.3, -0.25) is 5.32 Å². The van der Waals surface area contributed by atoms with Crippen molar-refractivity contribution in [3.05, 3.63) is 52.7 Å². The summed E-state index contributed by atoms with van der Waals surface area (Å²) in [6.45, 7) is 10.2. The molecular weight excluding hydrogens is 470 g/mol. The fourth-order valence-electron chi connectivity index (χ4n) is 4.96. The molecule has 1 amide bonds. The molecule has 10 heteroatoms. The van der Waals surface area contributed by atoms with Crippen molar-refractivity contribution in [3.8, 4) is 16.9 Å². The summed E-state index contributed by atoms with van der Waals surface area (Å²) in [7, 11) is 1.31. The Morgan fingerprint density at radius 1 is 1.16 bits per heavy atom. The first-order valence-electron chi connectivity index (χ1n) is 12.2. The quantitative estimate of drug-likeness (QED) is 0.359. The first-order chi connectivity index (χ1) is 17.7. The number of anilines is 3. The van der Waals surface area contributed by atoms with Crippen LogP contribution < -0.4 is 20.7 Å². The molecule has 2 aromatic carbocycles. The van der Waals surface area contributed by atoms with Crippen molar-refractivity contribution in [2.75, 3.05) is 36.2 Å². The number of methoxy groups -OCH3 is 1. The van der Waals surface area contributed by atoms with E-state index in [0.29, 0.717) is 25.6 Å². The maximum Gasteiger partial charge on any atom is 0.413 e. The van der Waals surface area contributed by atoms with Gasteiger partial charge in [0.1, 0.15) is 18.2 Å². The third kappa shape index (κ3) is 4.74. The van der Waals surface area contributed by atoms with Gasteiger partial charge in [-0.2, -0.15) is 4.98 Å². The van der Waals surface area contributed by atoms with Crippen LogP contribution in [0.2, 0.25) is 0 Å². The van der Waals surface area contributed by atoms with Crippen molar-refractivity contribution >= 4 is 34.8 Å². The van der Waals surface area contributed by atoms with Crippen LogP contribution in [-0.4, -0.2) is 46.3 Å². The number of amides is 1. The third-order valence-electron chi connectivity index (χ3n) is 6.55. The number of aryl methyl sites for hydroxylation is 2. The lowest BCUT2D eigenvalue weighted by atomic mass is 9.98. The SMILES string of the molecule is COC(=O)Nc1nc2cc(-c3cc(C)c4c(c3)CN(c3nc(N)nc(C)c3C(C)C)CCO4)ccc2[nH]1. The number of fused-ring (bicyclic) bond motifs is 2. The fourth-order valence-corrected chi connectivity index (χ4v) is 4.96. The summed E-state index contributed by atoms with van der Waals surface area (Å²) in [5.41, 5.74) is 13.8. The van der Waals surface area contributed by atoms with Crippen LogP contribution in [0.15, 0.2) is 30.3 Å². The number of carbonyl (C=O) groups excluding carboxylic acids is 1. The maximum absolute atomic E-state index is 11.5. The number of H-pyrrole nitrogens is 1. The Kier molecular flexibility index (Phi) is 6.32. The molecular formula is C27H31N7O3. The number of carbonyl (C=O) groups is 1. The molecule has 4 aromatic rings. The molecule has 1 aliphatic heterocycles. The molecule has 5 rings (SSSR count). The minimum atomic E-state index is -0.577. The average Bonchev–Trinajstić information content (AvgIpc) is 3.11. The maximum atomic E-state index is 11.5. The van der Waals surface area contributed by atoms with Crippen molar-refractivity contribution in [2.24, 2.45) is 0 Å². The average molecular weight is 502 g/mol. The number of benzene rings is 2. The summed E-state index contributed by atoms with van der Waals surface area (Å²) in [5.74, 6) is 2.64. The van der Waals surface area contributed by atoms with E-state index >= 15 is 0 Å². The molecule has 0 radical (unpaired) electrons. The zero-order valence-corrected chi connectivity index (χ0v) is 21.7. The third-order valence-corrected chi connectivity index (χ3v) is 6.55. The van der Waals surface area contributed by atoms with Gasteiger partial charge in [-0.15, -0.1) is 0 Å². The second-order valence-corrected chi connectivity index (χ2v) is 9.54. The first-order valence-corrected chi connectivity index (χ1v) is 12.2. The zero-order valence-electron chi connectivity index (χ0n) is 21.7. The number of hydrogen-bond donors (Lipinski definition) is 3. The Balaban J connectivity index is 1.52. The largest absolute Gasteiger partial charge is 0.491 e. The number of ether oxygens (including phenoxy) is 2. The summed E-state index contributed by atoms with van der Waals surface area (Å²) in [6, 6.07) is 10.3.